The molecule has 0 fully saturated rings. The number of anilines is 6. The van der Waals surface area contributed by atoms with Crippen molar-refractivity contribution in [2.45, 2.75) is 143 Å². The van der Waals surface area contributed by atoms with Crippen LogP contribution in [0.1, 0.15) is 168 Å². The first-order valence-corrected chi connectivity index (χ1v) is 24.9. The van der Waals surface area contributed by atoms with Crippen LogP contribution in [0.15, 0.2) is 96.6 Å². The number of rotatable bonds is 2. The van der Waals surface area contributed by atoms with Gasteiger partial charge in [0.15, 0.2) is 0 Å². The number of fused-ring (bicyclic) bond motifs is 10. The highest BCUT2D eigenvalue weighted by Gasteiger charge is 2.53. The molecule has 0 radical (unpaired) electrons. The van der Waals surface area contributed by atoms with E-state index in [1.807, 2.05) is 0 Å². The van der Waals surface area contributed by atoms with Crippen LogP contribution in [-0.4, -0.2) is 0 Å². The Balaban J connectivity index is 1.23. The fourth-order valence-electron chi connectivity index (χ4n) is 12.6. The Labute approximate surface area is 386 Å². The minimum absolute atomic E-state index is 0.0624. The minimum Gasteiger partial charge on any atom is -0.309 e. The summed E-state index contributed by atoms with van der Waals surface area (Å²) in [6, 6.07) is 36.4. The van der Waals surface area contributed by atoms with E-state index in [0.717, 1.165) is 12.8 Å². The zero-order valence-corrected chi connectivity index (χ0v) is 41.3. The smallest absolute Gasteiger partial charge is 0.0720 e. The Morgan fingerprint density at radius 2 is 1.25 bits per heavy atom. The molecule has 3 heteroatoms. The second-order valence-electron chi connectivity index (χ2n) is 24.0. The van der Waals surface area contributed by atoms with E-state index in [1.165, 1.54) is 118 Å². The highest BCUT2D eigenvalue weighted by atomic mass is 32.1. The van der Waals surface area contributed by atoms with Gasteiger partial charge >= 0.3 is 0 Å². The van der Waals surface area contributed by atoms with E-state index in [1.54, 1.807) is 16.7 Å². The number of benzene rings is 5. The summed E-state index contributed by atoms with van der Waals surface area (Å²) in [5, 5.41) is 0. The van der Waals surface area contributed by atoms with Crippen molar-refractivity contribution < 1.29 is 0 Å². The number of nitrogens with zero attached hydrogens (tertiary/aromatic N) is 2. The Morgan fingerprint density at radius 1 is 0.594 bits per heavy atom. The third kappa shape index (κ3) is 5.49. The topological polar surface area (TPSA) is 6.48 Å². The van der Waals surface area contributed by atoms with Crippen LogP contribution in [0, 0.1) is 12.3 Å². The van der Waals surface area contributed by atoms with Crippen LogP contribution in [0.25, 0.3) is 28.3 Å². The largest absolute Gasteiger partial charge is 0.309 e. The predicted octanol–water partition coefficient (Wildman–Crippen LogP) is 17.7. The molecule has 1 unspecified atom stereocenters. The lowest BCUT2D eigenvalue weighted by atomic mass is 9.62. The van der Waals surface area contributed by atoms with E-state index in [2.05, 4.69) is 208 Å². The molecule has 3 heterocycles. The van der Waals surface area contributed by atoms with Crippen molar-refractivity contribution in [1.29, 1.82) is 0 Å². The lowest BCUT2D eigenvalue weighted by molar-refractivity contribution is 0.332. The molecule has 0 saturated carbocycles. The second kappa shape index (κ2) is 12.8. The van der Waals surface area contributed by atoms with Gasteiger partial charge in [-0.2, -0.15) is 0 Å². The molecule has 6 aromatic rings. The van der Waals surface area contributed by atoms with Crippen molar-refractivity contribution in [1.82, 2.24) is 0 Å². The predicted molar refractivity (Wildman–Crippen MR) is 275 cm³/mol. The first kappa shape index (κ1) is 40.4. The molecule has 1 aromatic heterocycles. The zero-order chi connectivity index (χ0) is 44.8. The van der Waals surface area contributed by atoms with Gasteiger partial charge in [0.2, 0.25) is 0 Å². The molecular formula is C61H64N2S. The molecule has 0 amide bonds. The summed E-state index contributed by atoms with van der Waals surface area (Å²) in [6.45, 7) is 31.3. The maximum atomic E-state index is 2.75. The van der Waals surface area contributed by atoms with Gasteiger partial charge in [-0.3, -0.25) is 0 Å². The zero-order valence-electron chi connectivity index (χ0n) is 40.4. The van der Waals surface area contributed by atoms with Gasteiger partial charge < -0.3 is 9.80 Å². The third-order valence-corrected chi connectivity index (χ3v) is 17.8. The molecule has 5 aromatic carbocycles. The fraction of sp³-hybridized carbons (Fsp3) is 0.377. The first-order valence-electron chi connectivity index (χ1n) is 24.1. The average molecular weight is 857 g/mol. The summed E-state index contributed by atoms with van der Waals surface area (Å²) in [5.41, 5.74) is 28.3. The van der Waals surface area contributed by atoms with Crippen molar-refractivity contribution in [2.24, 2.45) is 5.41 Å². The van der Waals surface area contributed by atoms with Crippen LogP contribution >= 0.6 is 11.3 Å². The minimum atomic E-state index is -0.108. The molecule has 64 heavy (non-hydrogen) atoms. The second-order valence-corrected chi connectivity index (χ2v) is 25.1. The quantitative estimate of drug-likeness (QED) is 0.171. The van der Waals surface area contributed by atoms with E-state index >= 15 is 0 Å². The van der Waals surface area contributed by atoms with Gasteiger partial charge in [0.05, 0.1) is 33.3 Å². The molecule has 12 rings (SSSR count). The number of aryl methyl sites for hydroxylation is 2. The van der Waals surface area contributed by atoms with Crippen molar-refractivity contribution in [2.75, 3.05) is 9.80 Å². The van der Waals surface area contributed by atoms with Crippen LogP contribution in [0.4, 0.5) is 34.1 Å². The average Bonchev–Trinajstić information content (AvgIpc) is 3.83. The standard InChI is InChI=1S/C61H64N2S/c1-34-29-47-52-48(30-34)63(45-20-16-19-42-50(45)38-17-14-15-18-41(38)61(42,12)13)46-33-44-43(59(8,9)27-28-60(44,10)11)32-39(46)51-53(52)54(51)56-55(40-31-36(58(5,6)7)23-26-49(40)64-56)62(47)37-24-21-35(22-25-37)57(2,3)4/h14-22,24-25,29-33,53H,23,26-28H2,1-13H3. The molecular weight excluding hydrogens is 793 g/mol. The van der Waals surface area contributed by atoms with E-state index in [4.69, 9.17) is 0 Å². The van der Waals surface area contributed by atoms with Crippen LogP contribution in [0.5, 0.6) is 0 Å². The maximum Gasteiger partial charge on any atom is 0.0720 e. The molecule has 0 saturated heterocycles. The van der Waals surface area contributed by atoms with Gasteiger partial charge in [-0.05, 0) is 147 Å². The van der Waals surface area contributed by atoms with Crippen molar-refractivity contribution in [3.05, 3.63) is 156 Å². The molecule has 2 nitrogen and oxygen atoms in total. The van der Waals surface area contributed by atoms with Crippen molar-refractivity contribution >= 4 is 62.7 Å². The summed E-state index contributed by atoms with van der Waals surface area (Å²) >= 11 is 2.09. The van der Waals surface area contributed by atoms with E-state index in [-0.39, 0.29) is 33.0 Å². The van der Waals surface area contributed by atoms with Crippen molar-refractivity contribution in [3.63, 3.8) is 0 Å². The molecule has 2 aliphatic heterocycles. The van der Waals surface area contributed by atoms with Gasteiger partial charge in [-0.15, -0.1) is 11.3 Å². The van der Waals surface area contributed by atoms with Gasteiger partial charge in [0, 0.05) is 44.2 Å². The molecule has 4 aliphatic carbocycles. The Morgan fingerprint density at radius 3 is 1.94 bits per heavy atom. The van der Waals surface area contributed by atoms with Gasteiger partial charge in [-0.1, -0.05) is 143 Å². The number of allylic oxidation sites excluding steroid dienone is 3. The fourth-order valence-corrected chi connectivity index (χ4v) is 14.0. The van der Waals surface area contributed by atoms with Crippen LogP contribution in [0.2, 0.25) is 0 Å². The molecule has 324 valence electrons. The summed E-state index contributed by atoms with van der Waals surface area (Å²) < 4.78 is 0. The van der Waals surface area contributed by atoms with Crippen LogP contribution in [-0.2, 0) is 28.1 Å². The lowest BCUT2D eigenvalue weighted by Gasteiger charge is -2.43. The number of thiophene rings is 1. The Hall–Kier alpha value is -5.12. The van der Waals surface area contributed by atoms with E-state index in [9.17, 15) is 0 Å². The Kier molecular flexibility index (Phi) is 8.09. The van der Waals surface area contributed by atoms with Crippen LogP contribution < -0.4 is 9.80 Å². The SMILES string of the molecule is Cc1cc2c3c(c1)N(c1ccc(C(C)(C)C)cc1)c1c(sc4c1C=C(C(C)(C)C)CC4)C1=C(c4cc5c(cc4N2c2cccc4c2-c2ccccc2C4(C)C)C(C)(C)CCC5(C)C)C13. The lowest BCUT2D eigenvalue weighted by Crippen LogP contribution is -2.34. The van der Waals surface area contributed by atoms with Crippen LogP contribution in [0.3, 0.4) is 0 Å². The number of hydrogen-bond donors (Lipinski definition) is 0. The van der Waals surface area contributed by atoms with E-state index in [0.29, 0.717) is 0 Å². The highest BCUT2D eigenvalue weighted by Crippen LogP contribution is 2.73. The normalized spacial score (nSPS) is 20.2. The monoisotopic (exact) mass is 856 g/mol. The van der Waals surface area contributed by atoms with Gasteiger partial charge in [0.1, 0.15) is 0 Å². The molecule has 0 N–H and O–H groups in total. The van der Waals surface area contributed by atoms with Gasteiger partial charge in [0.25, 0.3) is 0 Å². The first-order chi connectivity index (χ1) is 30.2. The van der Waals surface area contributed by atoms with E-state index < -0.39 is 0 Å². The third-order valence-electron chi connectivity index (χ3n) is 16.5. The summed E-state index contributed by atoms with van der Waals surface area (Å²) in [4.78, 5) is 8.47. The Bertz CT molecular complexity index is 3110. The molecule has 0 spiro atoms. The molecule has 1 atom stereocenters. The summed E-state index contributed by atoms with van der Waals surface area (Å²) in [7, 11) is 0. The summed E-state index contributed by atoms with van der Waals surface area (Å²) in [6.07, 6.45) is 7.21. The number of hydrogen-bond acceptors (Lipinski definition) is 3. The highest BCUT2D eigenvalue weighted by molar-refractivity contribution is 7.14. The molecule has 6 aliphatic rings. The maximum absolute atomic E-state index is 2.75. The van der Waals surface area contributed by atoms with Crippen molar-refractivity contribution in [3.8, 4) is 11.1 Å². The molecule has 0 bridgehead atoms. The van der Waals surface area contributed by atoms with Gasteiger partial charge in [-0.25, -0.2) is 0 Å². The summed E-state index contributed by atoms with van der Waals surface area (Å²) in [5.74, 6) is 0.205.